The summed E-state index contributed by atoms with van der Waals surface area (Å²) < 4.78 is 0. The highest BCUT2D eigenvalue weighted by Crippen LogP contribution is 2.08. The molecule has 100 valence electrons. The van der Waals surface area contributed by atoms with E-state index in [2.05, 4.69) is 53.8 Å². The van der Waals surface area contributed by atoms with Crippen LogP contribution in [0.15, 0.2) is 48.5 Å². The lowest BCUT2D eigenvalue weighted by atomic mass is 10.1. The van der Waals surface area contributed by atoms with Crippen molar-refractivity contribution >= 4 is 23.2 Å². The monoisotopic (exact) mass is 293 g/mol. The highest BCUT2D eigenvalue weighted by Gasteiger charge is 1.96. The lowest BCUT2D eigenvalue weighted by molar-refractivity contribution is 0.693. The van der Waals surface area contributed by atoms with Crippen molar-refractivity contribution < 1.29 is 0 Å². The molecule has 1 N–H and O–H groups in total. The third-order valence-electron chi connectivity index (χ3n) is 3.01. The van der Waals surface area contributed by atoms with Crippen molar-refractivity contribution in [2.75, 3.05) is 0 Å². The van der Waals surface area contributed by atoms with Crippen LogP contribution >= 0.6 is 23.2 Å². The first-order chi connectivity index (χ1) is 9.31. The molecule has 2 aromatic rings. The molecule has 0 aromatic heterocycles. The second-order valence-electron chi connectivity index (χ2n) is 4.50. The van der Waals surface area contributed by atoms with Crippen LogP contribution in [-0.4, -0.2) is 0 Å². The van der Waals surface area contributed by atoms with Crippen molar-refractivity contribution in [3.05, 3.63) is 70.8 Å². The van der Waals surface area contributed by atoms with E-state index in [0.717, 1.165) is 24.2 Å². The maximum Gasteiger partial charge on any atom is 0.0474 e. The Morgan fingerprint density at radius 2 is 0.895 bits per heavy atom. The lowest BCUT2D eigenvalue weighted by Gasteiger charge is -2.06. The van der Waals surface area contributed by atoms with E-state index >= 15 is 0 Å². The molecule has 0 amide bonds. The van der Waals surface area contributed by atoms with Crippen LogP contribution in [-0.2, 0) is 24.8 Å². The largest absolute Gasteiger partial charge is 0.309 e. The summed E-state index contributed by atoms with van der Waals surface area (Å²) in [4.78, 5) is 0. The van der Waals surface area contributed by atoms with Gasteiger partial charge >= 0.3 is 0 Å². The van der Waals surface area contributed by atoms with Crippen molar-refractivity contribution in [1.82, 2.24) is 5.32 Å². The fraction of sp³-hybridized carbons (Fsp3) is 0.250. The number of hydrogen-bond donors (Lipinski definition) is 1. The molecule has 0 radical (unpaired) electrons. The van der Waals surface area contributed by atoms with Gasteiger partial charge in [0.2, 0.25) is 0 Å². The van der Waals surface area contributed by atoms with Crippen LogP contribution in [0.5, 0.6) is 0 Å². The molecule has 0 saturated heterocycles. The minimum atomic E-state index is 0.570. The topological polar surface area (TPSA) is 12.0 Å². The summed E-state index contributed by atoms with van der Waals surface area (Å²) in [5, 5.41) is 3.43. The Morgan fingerprint density at radius 3 is 1.21 bits per heavy atom. The summed E-state index contributed by atoms with van der Waals surface area (Å²) in [6, 6.07) is 16.7. The standard InChI is InChI=1S/C16H17Cl2N/c17-9-13-1-5-15(6-2-13)11-19-12-16-7-3-14(10-18)4-8-16/h1-8,19H,9-12H2. The molecule has 0 fully saturated rings. The molecule has 0 spiro atoms. The molecular weight excluding hydrogens is 277 g/mol. The molecule has 3 heteroatoms. The summed E-state index contributed by atoms with van der Waals surface area (Å²) >= 11 is 11.5. The van der Waals surface area contributed by atoms with Crippen molar-refractivity contribution in [3.8, 4) is 0 Å². The fourth-order valence-electron chi connectivity index (χ4n) is 1.84. The normalized spacial score (nSPS) is 10.6. The fourth-order valence-corrected chi connectivity index (χ4v) is 2.20. The van der Waals surface area contributed by atoms with Gasteiger partial charge in [-0.3, -0.25) is 0 Å². The van der Waals surface area contributed by atoms with E-state index in [1.54, 1.807) is 0 Å². The molecule has 0 unspecified atom stereocenters. The second kappa shape index (κ2) is 7.54. The van der Waals surface area contributed by atoms with Crippen LogP contribution in [0.4, 0.5) is 0 Å². The average molecular weight is 294 g/mol. The van der Waals surface area contributed by atoms with Crippen molar-refractivity contribution in [1.29, 1.82) is 0 Å². The Bertz CT molecular complexity index is 444. The van der Waals surface area contributed by atoms with E-state index in [0.29, 0.717) is 11.8 Å². The van der Waals surface area contributed by atoms with Crippen LogP contribution in [0.3, 0.4) is 0 Å². The SMILES string of the molecule is ClCc1ccc(CNCc2ccc(CCl)cc2)cc1. The first-order valence-electron chi connectivity index (χ1n) is 6.30. The zero-order chi connectivity index (χ0) is 13.5. The Morgan fingerprint density at radius 1 is 0.579 bits per heavy atom. The third-order valence-corrected chi connectivity index (χ3v) is 3.63. The molecule has 0 aliphatic rings. The average Bonchev–Trinajstić information content (AvgIpc) is 2.49. The highest BCUT2D eigenvalue weighted by molar-refractivity contribution is 6.17. The van der Waals surface area contributed by atoms with Gasteiger partial charge in [0.25, 0.3) is 0 Å². The maximum atomic E-state index is 5.76. The molecule has 0 saturated carbocycles. The second-order valence-corrected chi connectivity index (χ2v) is 5.04. The van der Waals surface area contributed by atoms with E-state index in [-0.39, 0.29) is 0 Å². The minimum Gasteiger partial charge on any atom is -0.309 e. The van der Waals surface area contributed by atoms with Gasteiger partial charge in [-0.25, -0.2) is 0 Å². The van der Waals surface area contributed by atoms with Gasteiger partial charge in [-0.05, 0) is 22.3 Å². The number of halogens is 2. The number of rotatable bonds is 6. The van der Waals surface area contributed by atoms with Crippen LogP contribution < -0.4 is 5.32 Å². The predicted molar refractivity (Wildman–Crippen MR) is 82.5 cm³/mol. The van der Waals surface area contributed by atoms with Crippen LogP contribution in [0.2, 0.25) is 0 Å². The van der Waals surface area contributed by atoms with Gasteiger partial charge in [0.15, 0.2) is 0 Å². The Balaban J connectivity index is 1.81. The summed E-state index contributed by atoms with van der Waals surface area (Å²) in [7, 11) is 0. The molecule has 0 atom stereocenters. The molecule has 0 aliphatic heterocycles. The third kappa shape index (κ3) is 4.54. The highest BCUT2D eigenvalue weighted by atomic mass is 35.5. The summed E-state index contributed by atoms with van der Waals surface area (Å²) in [6.07, 6.45) is 0. The van der Waals surface area contributed by atoms with Crippen molar-refractivity contribution in [2.45, 2.75) is 24.8 Å². The van der Waals surface area contributed by atoms with Crippen LogP contribution in [0.1, 0.15) is 22.3 Å². The Labute approximate surface area is 124 Å². The van der Waals surface area contributed by atoms with Crippen molar-refractivity contribution in [3.63, 3.8) is 0 Å². The Kier molecular flexibility index (Phi) is 5.71. The van der Waals surface area contributed by atoms with E-state index in [4.69, 9.17) is 23.2 Å². The van der Waals surface area contributed by atoms with E-state index < -0.39 is 0 Å². The summed E-state index contributed by atoms with van der Waals surface area (Å²) in [6.45, 7) is 1.72. The van der Waals surface area contributed by atoms with Gasteiger partial charge in [-0.2, -0.15) is 0 Å². The van der Waals surface area contributed by atoms with Gasteiger partial charge < -0.3 is 5.32 Å². The van der Waals surface area contributed by atoms with Crippen LogP contribution in [0, 0.1) is 0 Å². The van der Waals surface area contributed by atoms with Gasteiger partial charge in [-0.1, -0.05) is 48.5 Å². The molecule has 0 bridgehead atoms. The van der Waals surface area contributed by atoms with Gasteiger partial charge in [0, 0.05) is 24.8 Å². The summed E-state index contributed by atoms with van der Waals surface area (Å²) in [5.74, 6) is 1.14. The molecular formula is C16H17Cl2N. The molecule has 1 nitrogen and oxygen atoms in total. The van der Waals surface area contributed by atoms with E-state index in [1.165, 1.54) is 11.1 Å². The van der Waals surface area contributed by atoms with Gasteiger partial charge in [0.05, 0.1) is 0 Å². The van der Waals surface area contributed by atoms with Crippen LogP contribution in [0.25, 0.3) is 0 Å². The zero-order valence-corrected chi connectivity index (χ0v) is 12.2. The minimum absolute atomic E-state index is 0.570. The number of nitrogens with one attached hydrogen (secondary N) is 1. The molecule has 19 heavy (non-hydrogen) atoms. The zero-order valence-electron chi connectivity index (χ0n) is 10.7. The predicted octanol–water partition coefficient (Wildman–Crippen LogP) is 4.45. The van der Waals surface area contributed by atoms with E-state index in [9.17, 15) is 0 Å². The van der Waals surface area contributed by atoms with Gasteiger partial charge in [0.1, 0.15) is 0 Å². The van der Waals surface area contributed by atoms with E-state index in [1.807, 2.05) is 0 Å². The number of hydrogen-bond acceptors (Lipinski definition) is 1. The molecule has 2 aromatic carbocycles. The first-order valence-corrected chi connectivity index (χ1v) is 7.37. The molecule has 2 rings (SSSR count). The quantitative estimate of drug-likeness (QED) is 0.776. The molecule has 0 heterocycles. The molecule has 0 aliphatic carbocycles. The smallest absolute Gasteiger partial charge is 0.0474 e. The number of alkyl halides is 2. The maximum absolute atomic E-state index is 5.76. The van der Waals surface area contributed by atoms with Crippen molar-refractivity contribution in [2.24, 2.45) is 0 Å². The Hall–Kier alpha value is -1.02. The number of benzene rings is 2. The summed E-state index contributed by atoms with van der Waals surface area (Å²) in [5.41, 5.74) is 4.85. The lowest BCUT2D eigenvalue weighted by Crippen LogP contribution is -2.12. The van der Waals surface area contributed by atoms with Gasteiger partial charge in [-0.15, -0.1) is 23.2 Å². The first kappa shape index (κ1) is 14.4.